The second-order valence-corrected chi connectivity index (χ2v) is 11.3. The summed E-state index contributed by atoms with van der Waals surface area (Å²) in [4.78, 5) is -1.07. The van der Waals surface area contributed by atoms with Crippen LogP contribution in [0.5, 0.6) is 11.5 Å². The molecule has 4 aromatic rings. The molecule has 0 fully saturated rings. The van der Waals surface area contributed by atoms with Crippen LogP contribution in [0.3, 0.4) is 0 Å². The van der Waals surface area contributed by atoms with E-state index >= 15 is 0 Å². The minimum atomic E-state index is -4.56. The highest BCUT2D eigenvalue weighted by Crippen LogP contribution is 2.28. The third-order valence-electron chi connectivity index (χ3n) is 5.75. The van der Waals surface area contributed by atoms with Crippen LogP contribution in [-0.4, -0.2) is 36.2 Å². The first-order chi connectivity index (χ1) is 17.3. The van der Waals surface area contributed by atoms with Crippen LogP contribution in [0.2, 0.25) is 0 Å². The molecule has 0 saturated heterocycles. The molecule has 0 saturated carbocycles. The van der Waals surface area contributed by atoms with Gasteiger partial charge in [-0.2, -0.15) is 16.8 Å². The van der Waals surface area contributed by atoms with Crippen molar-refractivity contribution in [2.24, 2.45) is 0 Å². The predicted molar refractivity (Wildman–Crippen MR) is 131 cm³/mol. The Hall–Kier alpha value is -3.84. The van der Waals surface area contributed by atoms with Crippen molar-refractivity contribution in [2.45, 2.75) is 29.8 Å². The van der Waals surface area contributed by atoms with Gasteiger partial charge in [0.05, 0.1) is 0 Å². The summed E-state index contributed by atoms with van der Waals surface area (Å²) in [5, 5.41) is 19.6. The van der Waals surface area contributed by atoms with E-state index in [9.17, 15) is 36.2 Å². The Morgan fingerprint density at radius 1 is 0.649 bits per heavy atom. The lowest BCUT2D eigenvalue weighted by molar-refractivity contribution is -0.688. The predicted octanol–water partition coefficient (Wildman–Crippen LogP) is 2.24. The SMILES string of the molecule is Cc1cc(C[n+]2ccc(-c3cc[n+](Cc4ccc(O)c(S(=O)(=O)O)c4)cc3)cc2)cc(S(=O)(=O)O)c1O. The summed E-state index contributed by atoms with van der Waals surface area (Å²) in [6.45, 7) is 2.18. The fourth-order valence-corrected chi connectivity index (χ4v) is 5.24. The van der Waals surface area contributed by atoms with Crippen LogP contribution < -0.4 is 9.13 Å². The number of rotatable bonds is 7. The number of benzene rings is 2. The maximum Gasteiger partial charge on any atom is 0.298 e. The fourth-order valence-electron chi connectivity index (χ4n) is 3.90. The van der Waals surface area contributed by atoms with Gasteiger partial charge in [-0.1, -0.05) is 0 Å². The second-order valence-electron chi connectivity index (χ2n) is 8.53. The van der Waals surface area contributed by atoms with Crippen LogP contribution in [-0.2, 0) is 33.3 Å². The van der Waals surface area contributed by atoms with Crippen LogP contribution in [0.25, 0.3) is 11.1 Å². The van der Waals surface area contributed by atoms with Crippen LogP contribution in [0, 0.1) is 6.92 Å². The van der Waals surface area contributed by atoms with E-state index in [0.717, 1.165) is 11.1 Å². The zero-order valence-electron chi connectivity index (χ0n) is 19.6. The van der Waals surface area contributed by atoms with Crippen molar-refractivity contribution in [3.05, 3.63) is 96.1 Å². The average Bonchev–Trinajstić information content (AvgIpc) is 2.82. The molecule has 12 heteroatoms. The van der Waals surface area contributed by atoms with E-state index in [4.69, 9.17) is 0 Å². The summed E-state index contributed by atoms with van der Waals surface area (Å²) >= 11 is 0. The Morgan fingerprint density at radius 2 is 1.11 bits per heavy atom. The van der Waals surface area contributed by atoms with E-state index in [1.807, 2.05) is 58.2 Å². The van der Waals surface area contributed by atoms with Gasteiger partial charge in [0.25, 0.3) is 20.2 Å². The molecular weight excluding hydrogens is 520 g/mol. The molecule has 0 amide bonds. The van der Waals surface area contributed by atoms with Crippen LogP contribution in [0.1, 0.15) is 16.7 Å². The molecule has 0 aliphatic rings. The van der Waals surface area contributed by atoms with Gasteiger partial charge >= 0.3 is 0 Å². The molecule has 2 aromatic carbocycles. The van der Waals surface area contributed by atoms with E-state index < -0.39 is 41.5 Å². The molecule has 192 valence electrons. The first-order valence-corrected chi connectivity index (χ1v) is 13.8. The number of aromatic nitrogens is 2. The normalized spacial score (nSPS) is 12.0. The highest BCUT2D eigenvalue weighted by molar-refractivity contribution is 7.86. The Morgan fingerprint density at radius 3 is 1.59 bits per heavy atom. The van der Waals surface area contributed by atoms with Gasteiger partial charge in [-0.15, -0.1) is 0 Å². The third kappa shape index (κ3) is 6.12. The molecule has 10 nitrogen and oxygen atoms in total. The summed E-state index contributed by atoms with van der Waals surface area (Å²) < 4.78 is 68.2. The monoisotopic (exact) mass is 544 g/mol. The maximum absolute atomic E-state index is 11.5. The number of aryl methyl sites for hydroxylation is 1. The largest absolute Gasteiger partial charge is 0.506 e. The molecule has 0 spiro atoms. The number of nitrogens with zero attached hydrogens (tertiary/aromatic N) is 2. The number of phenolic OH excluding ortho intramolecular Hbond substituents is 2. The lowest BCUT2D eigenvalue weighted by Gasteiger charge is -2.07. The Labute approximate surface area is 213 Å². The molecule has 2 heterocycles. The quantitative estimate of drug-likeness (QED) is 0.204. The van der Waals surface area contributed by atoms with Gasteiger partial charge in [-0.3, -0.25) is 9.11 Å². The van der Waals surface area contributed by atoms with Gasteiger partial charge < -0.3 is 10.2 Å². The summed E-state index contributed by atoms with van der Waals surface area (Å²) in [6, 6.07) is 14.4. The minimum absolute atomic E-state index is 0.315. The maximum atomic E-state index is 11.5. The first-order valence-electron chi connectivity index (χ1n) is 10.9. The zero-order valence-corrected chi connectivity index (χ0v) is 21.2. The van der Waals surface area contributed by atoms with Crippen LogP contribution in [0.4, 0.5) is 0 Å². The number of aromatic hydroxyl groups is 2. The lowest BCUT2D eigenvalue weighted by Crippen LogP contribution is -2.33. The van der Waals surface area contributed by atoms with Gasteiger partial charge in [-0.05, 0) is 53.9 Å². The summed E-state index contributed by atoms with van der Waals surface area (Å²) in [5.74, 6) is -0.996. The van der Waals surface area contributed by atoms with Crippen molar-refractivity contribution < 1.29 is 45.3 Å². The van der Waals surface area contributed by atoms with Gasteiger partial charge in [-0.25, -0.2) is 9.13 Å². The summed E-state index contributed by atoms with van der Waals surface area (Å²) in [6.07, 6.45) is 7.26. The zero-order chi connectivity index (χ0) is 27.0. The van der Waals surface area contributed by atoms with Gasteiger partial charge in [0.2, 0.25) is 0 Å². The number of pyridine rings is 2. The number of hydrogen-bond acceptors (Lipinski definition) is 6. The summed E-state index contributed by atoms with van der Waals surface area (Å²) in [7, 11) is -9.10. The molecule has 4 N–H and O–H groups in total. The van der Waals surface area contributed by atoms with Crippen molar-refractivity contribution in [3.8, 4) is 22.6 Å². The van der Waals surface area contributed by atoms with Crippen LogP contribution >= 0.6 is 0 Å². The van der Waals surface area contributed by atoms with E-state index in [0.29, 0.717) is 29.8 Å². The van der Waals surface area contributed by atoms with Gasteiger partial charge in [0.15, 0.2) is 37.9 Å². The Kier molecular flexibility index (Phi) is 7.02. The van der Waals surface area contributed by atoms with E-state index in [2.05, 4.69) is 0 Å². The van der Waals surface area contributed by atoms with Crippen molar-refractivity contribution in [3.63, 3.8) is 0 Å². The van der Waals surface area contributed by atoms with Crippen molar-refractivity contribution in [1.82, 2.24) is 0 Å². The molecule has 0 bridgehead atoms. The minimum Gasteiger partial charge on any atom is -0.506 e. The third-order valence-corrected chi connectivity index (χ3v) is 7.50. The summed E-state index contributed by atoms with van der Waals surface area (Å²) in [5.41, 5.74) is 3.34. The number of hydrogen-bond donors (Lipinski definition) is 4. The van der Waals surface area contributed by atoms with Crippen molar-refractivity contribution in [2.75, 3.05) is 0 Å². The molecule has 4 rings (SSSR count). The Bertz CT molecular complexity index is 1680. The fraction of sp³-hybridized carbons (Fsp3) is 0.120. The molecule has 0 unspecified atom stereocenters. The molecule has 0 radical (unpaired) electrons. The highest BCUT2D eigenvalue weighted by Gasteiger charge is 2.20. The van der Waals surface area contributed by atoms with Gasteiger partial charge in [0, 0.05) is 35.4 Å². The van der Waals surface area contributed by atoms with E-state index in [1.54, 1.807) is 19.1 Å². The van der Waals surface area contributed by atoms with Crippen molar-refractivity contribution in [1.29, 1.82) is 0 Å². The molecule has 0 atom stereocenters. The molecule has 0 aliphatic carbocycles. The average molecular weight is 545 g/mol. The smallest absolute Gasteiger partial charge is 0.298 e. The molecule has 0 aliphatic heterocycles. The van der Waals surface area contributed by atoms with Crippen molar-refractivity contribution >= 4 is 20.2 Å². The van der Waals surface area contributed by atoms with E-state index in [1.165, 1.54) is 18.2 Å². The number of phenols is 2. The Balaban J connectivity index is 1.49. The second kappa shape index (κ2) is 9.90. The standard InChI is InChI=1S/C25H22N2O8S2/c1-17-12-19(14-24(25(17)29)37(33,34)35)16-27-10-6-21(7-11-27)20-4-8-26(9-5-20)15-18-2-3-22(28)23(13-18)36(30,31)32/h2-14H,15-16H2,1H3,(H2-2,28,29,30,31,32,33,34,35)/p+2. The topological polar surface area (TPSA) is 157 Å². The molecular formula is C25H24N2O8S2+2. The lowest BCUT2D eigenvalue weighted by atomic mass is 10.1. The molecule has 2 aromatic heterocycles. The molecule has 37 heavy (non-hydrogen) atoms. The van der Waals surface area contributed by atoms with E-state index in [-0.39, 0.29) is 0 Å². The first kappa shape index (κ1) is 26.2. The van der Waals surface area contributed by atoms with Gasteiger partial charge in [0.1, 0.15) is 21.3 Å². The van der Waals surface area contributed by atoms with Crippen LogP contribution in [0.15, 0.2) is 89.2 Å². The highest BCUT2D eigenvalue weighted by atomic mass is 32.2.